The number of benzene rings is 1. The number of amidine groups is 1. The number of fused-ring (bicyclic) bond motifs is 1. The summed E-state index contributed by atoms with van der Waals surface area (Å²) in [5, 5.41) is 5.53. The molecule has 0 unspecified atom stereocenters. The summed E-state index contributed by atoms with van der Waals surface area (Å²) < 4.78 is 16.6. The van der Waals surface area contributed by atoms with Crippen LogP contribution in [0, 0.1) is 0 Å². The predicted octanol–water partition coefficient (Wildman–Crippen LogP) is 4.15. The zero-order valence-electron chi connectivity index (χ0n) is 20.1. The molecule has 1 aromatic rings. The number of aliphatic imine (C=N–C) groups is 1. The first-order chi connectivity index (χ1) is 15.7. The van der Waals surface area contributed by atoms with Crippen molar-refractivity contribution < 1.29 is 23.8 Å². The van der Waals surface area contributed by atoms with Crippen molar-refractivity contribution in [3.05, 3.63) is 46.1 Å². The van der Waals surface area contributed by atoms with Gasteiger partial charge in [0.1, 0.15) is 11.5 Å². The molecule has 0 aliphatic carbocycles. The predicted molar refractivity (Wildman–Crippen MR) is 129 cm³/mol. The molecule has 2 aliphatic heterocycles. The van der Waals surface area contributed by atoms with E-state index in [9.17, 15) is 9.59 Å². The first kappa shape index (κ1) is 24.7. The lowest BCUT2D eigenvalue weighted by molar-refractivity contribution is -0.143. The summed E-state index contributed by atoms with van der Waals surface area (Å²) in [6, 6.07) is 4.92. The molecular weight excluding hydrogens is 442 g/mol. The molecule has 0 radical (unpaired) electrons. The van der Waals surface area contributed by atoms with Crippen molar-refractivity contribution in [3.63, 3.8) is 0 Å². The van der Waals surface area contributed by atoms with Crippen molar-refractivity contribution in [2.24, 2.45) is 4.99 Å². The third-order valence-corrected chi connectivity index (χ3v) is 5.98. The number of allylic oxidation sites excluding steroid dienone is 1. The fraction of sp³-hybridized carbons (Fsp3) is 0.458. The summed E-state index contributed by atoms with van der Waals surface area (Å²) in [4.78, 5) is 32.4. The monoisotopic (exact) mass is 473 g/mol. The lowest BCUT2D eigenvalue weighted by Crippen LogP contribution is -2.39. The number of methoxy groups -OCH3 is 2. The van der Waals surface area contributed by atoms with E-state index >= 15 is 0 Å². The third kappa shape index (κ3) is 5.35. The van der Waals surface area contributed by atoms with Crippen LogP contribution in [0.1, 0.15) is 52.6 Å². The summed E-state index contributed by atoms with van der Waals surface area (Å²) in [5.41, 5.74) is 2.48. The summed E-state index contributed by atoms with van der Waals surface area (Å²) in [7, 11) is 3.16. The van der Waals surface area contributed by atoms with Gasteiger partial charge in [0.25, 0.3) is 0 Å². The maximum absolute atomic E-state index is 13.2. The second-order valence-electron chi connectivity index (χ2n) is 8.35. The standard InChI is InChI=1S/C24H31N3O5S/c1-13(2)25-20(28)10-16-12-33-24-26-15(5)21(23(29)32-14(3)4)22(27(16)24)18-9-8-17(30-6)11-19(18)31-7/h8-9,11-14,22H,10H2,1-7H3,(H,25,28)/t22-/m0/s1. The normalized spacial score (nSPS) is 17.6. The molecule has 0 spiro atoms. The van der Waals surface area contributed by atoms with Crippen LogP contribution in [0.25, 0.3) is 0 Å². The van der Waals surface area contributed by atoms with Gasteiger partial charge in [-0.3, -0.25) is 4.79 Å². The minimum absolute atomic E-state index is 0.0258. The van der Waals surface area contributed by atoms with Crippen molar-refractivity contribution in [1.29, 1.82) is 0 Å². The van der Waals surface area contributed by atoms with Crippen LogP contribution in [0.15, 0.2) is 45.6 Å². The van der Waals surface area contributed by atoms with E-state index in [4.69, 9.17) is 14.2 Å². The Morgan fingerprint density at radius 1 is 1.18 bits per heavy atom. The Hall–Kier alpha value is -2.94. The SMILES string of the molecule is COc1ccc([C@H]2C(C(=O)OC(C)C)=C(C)N=C3SC=C(CC(=O)NC(C)C)N32)c(OC)c1. The number of amides is 1. The van der Waals surface area contributed by atoms with Crippen LogP contribution >= 0.6 is 11.8 Å². The minimum Gasteiger partial charge on any atom is -0.497 e. The number of nitrogens with one attached hydrogen (secondary N) is 1. The molecule has 1 aromatic carbocycles. The maximum atomic E-state index is 13.2. The van der Waals surface area contributed by atoms with Gasteiger partial charge < -0.3 is 24.4 Å². The first-order valence-corrected chi connectivity index (χ1v) is 11.7. The van der Waals surface area contributed by atoms with Gasteiger partial charge in [-0.05, 0) is 52.2 Å². The largest absolute Gasteiger partial charge is 0.497 e. The first-order valence-electron chi connectivity index (χ1n) is 10.8. The molecule has 1 amide bonds. The van der Waals surface area contributed by atoms with Crippen molar-refractivity contribution >= 4 is 28.8 Å². The number of esters is 1. The highest BCUT2D eigenvalue weighted by Crippen LogP contribution is 2.47. The fourth-order valence-electron chi connectivity index (χ4n) is 3.78. The minimum atomic E-state index is -0.572. The van der Waals surface area contributed by atoms with Gasteiger partial charge in [0.15, 0.2) is 5.17 Å². The molecule has 0 saturated carbocycles. The Labute approximate surface area is 199 Å². The van der Waals surface area contributed by atoms with Gasteiger partial charge in [-0.25, -0.2) is 9.79 Å². The molecule has 9 heteroatoms. The molecule has 1 atom stereocenters. The van der Waals surface area contributed by atoms with Crippen LogP contribution in [0.4, 0.5) is 0 Å². The molecule has 1 N–H and O–H groups in total. The average Bonchev–Trinajstić information content (AvgIpc) is 3.12. The van der Waals surface area contributed by atoms with E-state index in [1.165, 1.54) is 11.8 Å². The van der Waals surface area contributed by atoms with Gasteiger partial charge in [0, 0.05) is 23.4 Å². The number of ether oxygens (including phenoxy) is 3. The fourth-order valence-corrected chi connectivity index (χ4v) is 4.75. The molecule has 3 rings (SSSR count). The lowest BCUT2D eigenvalue weighted by Gasteiger charge is -2.37. The van der Waals surface area contributed by atoms with E-state index in [2.05, 4.69) is 10.3 Å². The van der Waals surface area contributed by atoms with Crippen LogP contribution in [-0.2, 0) is 14.3 Å². The number of nitrogens with zero attached hydrogens (tertiary/aromatic N) is 2. The molecular formula is C24H31N3O5S. The van der Waals surface area contributed by atoms with Gasteiger partial charge in [0.05, 0.1) is 44.1 Å². The van der Waals surface area contributed by atoms with Crippen LogP contribution in [0.5, 0.6) is 11.5 Å². The Balaban J connectivity index is 2.12. The highest BCUT2D eigenvalue weighted by atomic mass is 32.2. The number of carbonyl (C=O) groups is 2. The summed E-state index contributed by atoms with van der Waals surface area (Å²) in [6.07, 6.45) is -0.133. The van der Waals surface area contributed by atoms with E-state index < -0.39 is 12.0 Å². The van der Waals surface area contributed by atoms with Gasteiger partial charge in [0.2, 0.25) is 5.91 Å². The van der Waals surface area contributed by atoms with Gasteiger partial charge in [-0.15, -0.1) is 0 Å². The van der Waals surface area contributed by atoms with Crippen molar-refractivity contribution in [2.75, 3.05) is 14.2 Å². The number of rotatable bonds is 8. The molecule has 33 heavy (non-hydrogen) atoms. The lowest BCUT2D eigenvalue weighted by atomic mass is 9.93. The molecule has 0 aromatic heterocycles. The smallest absolute Gasteiger partial charge is 0.338 e. The van der Waals surface area contributed by atoms with E-state index in [-0.39, 0.29) is 24.5 Å². The summed E-state index contributed by atoms with van der Waals surface area (Å²) in [6.45, 7) is 9.25. The van der Waals surface area contributed by atoms with Gasteiger partial charge in [-0.1, -0.05) is 11.8 Å². The van der Waals surface area contributed by atoms with E-state index in [0.29, 0.717) is 27.9 Å². The van der Waals surface area contributed by atoms with Crippen LogP contribution in [-0.4, -0.2) is 48.3 Å². The Morgan fingerprint density at radius 2 is 1.91 bits per heavy atom. The van der Waals surface area contributed by atoms with Crippen LogP contribution in [0.2, 0.25) is 0 Å². The van der Waals surface area contributed by atoms with Crippen molar-refractivity contribution in [1.82, 2.24) is 10.2 Å². The molecule has 8 nitrogen and oxygen atoms in total. The second-order valence-corrected chi connectivity index (χ2v) is 9.19. The zero-order chi connectivity index (χ0) is 24.3. The van der Waals surface area contributed by atoms with E-state index in [1.807, 2.05) is 50.1 Å². The third-order valence-electron chi connectivity index (χ3n) is 5.09. The Bertz CT molecular complexity index is 1030. The maximum Gasteiger partial charge on any atom is 0.338 e. The van der Waals surface area contributed by atoms with Gasteiger partial charge >= 0.3 is 5.97 Å². The van der Waals surface area contributed by atoms with Crippen molar-refractivity contribution in [3.8, 4) is 11.5 Å². The Morgan fingerprint density at radius 3 is 2.52 bits per heavy atom. The average molecular weight is 474 g/mol. The zero-order valence-corrected chi connectivity index (χ0v) is 20.9. The molecule has 0 saturated heterocycles. The summed E-state index contributed by atoms with van der Waals surface area (Å²) >= 11 is 1.43. The number of thioether (sulfide) groups is 1. The topological polar surface area (TPSA) is 89.5 Å². The molecule has 0 fully saturated rings. The molecule has 0 bridgehead atoms. The second kappa shape index (κ2) is 10.3. The van der Waals surface area contributed by atoms with Crippen molar-refractivity contribution in [2.45, 2.75) is 59.2 Å². The van der Waals surface area contributed by atoms with Gasteiger partial charge in [-0.2, -0.15) is 0 Å². The molecule has 2 aliphatic rings. The highest BCUT2D eigenvalue weighted by Gasteiger charge is 2.42. The quantitative estimate of drug-likeness (QED) is 0.568. The number of carbonyl (C=O) groups excluding carboxylic acids is 2. The van der Waals surface area contributed by atoms with Crippen LogP contribution < -0.4 is 14.8 Å². The number of hydrogen-bond donors (Lipinski definition) is 1. The van der Waals surface area contributed by atoms with Crippen LogP contribution in [0.3, 0.4) is 0 Å². The molecule has 2 heterocycles. The Kier molecular flexibility index (Phi) is 7.73. The molecule has 178 valence electrons. The highest BCUT2D eigenvalue weighted by molar-refractivity contribution is 8.16. The number of hydrogen-bond acceptors (Lipinski definition) is 8. The summed E-state index contributed by atoms with van der Waals surface area (Å²) in [5.74, 6) is 0.647. The van der Waals surface area contributed by atoms with E-state index in [1.54, 1.807) is 27.2 Å². The van der Waals surface area contributed by atoms with E-state index in [0.717, 1.165) is 11.3 Å².